The molecule has 1 saturated carbocycles. The van der Waals surface area contributed by atoms with E-state index in [1.54, 1.807) is 0 Å². The summed E-state index contributed by atoms with van der Waals surface area (Å²) in [4.78, 5) is 19.2. The summed E-state index contributed by atoms with van der Waals surface area (Å²) in [5.74, 6) is 0.512. The summed E-state index contributed by atoms with van der Waals surface area (Å²) in [6.07, 6.45) is 10.9. The molecule has 0 unspecified atom stereocenters. The van der Waals surface area contributed by atoms with Crippen LogP contribution in [0, 0.1) is 5.92 Å². The van der Waals surface area contributed by atoms with Crippen LogP contribution in [0.25, 0.3) is 0 Å². The van der Waals surface area contributed by atoms with Crippen LogP contribution in [-0.4, -0.2) is 22.4 Å². The van der Waals surface area contributed by atoms with Crippen molar-refractivity contribution in [2.45, 2.75) is 32.1 Å². The molecular weight excluding hydrogens is 216 g/mol. The zero-order chi connectivity index (χ0) is 11.9. The van der Waals surface area contributed by atoms with Gasteiger partial charge in [-0.05, 0) is 18.8 Å². The average Bonchev–Trinajstić information content (AvgIpc) is 2.41. The van der Waals surface area contributed by atoms with Gasteiger partial charge in [-0.25, -0.2) is 15.4 Å². The smallest absolute Gasteiger partial charge is 0.268 e. The van der Waals surface area contributed by atoms with Crippen LogP contribution in [0.1, 0.15) is 42.5 Å². The van der Waals surface area contributed by atoms with E-state index in [9.17, 15) is 4.79 Å². The Morgan fingerprint density at radius 3 is 2.65 bits per heavy atom. The topological polar surface area (TPSA) is 66.9 Å². The highest BCUT2D eigenvalue weighted by atomic mass is 16.2. The van der Waals surface area contributed by atoms with Crippen molar-refractivity contribution in [3.8, 4) is 0 Å². The Balaban J connectivity index is 1.69. The molecule has 2 rings (SSSR count). The SMILES string of the molecule is O=C(NNCC1CCCCC1)c1cncnc1. The van der Waals surface area contributed by atoms with E-state index in [-0.39, 0.29) is 5.91 Å². The lowest BCUT2D eigenvalue weighted by atomic mass is 9.89. The van der Waals surface area contributed by atoms with Crippen molar-refractivity contribution in [2.75, 3.05) is 6.54 Å². The maximum atomic E-state index is 11.6. The van der Waals surface area contributed by atoms with Gasteiger partial charge in [-0.3, -0.25) is 10.2 Å². The van der Waals surface area contributed by atoms with Crippen LogP contribution >= 0.6 is 0 Å². The van der Waals surface area contributed by atoms with Crippen molar-refractivity contribution in [3.63, 3.8) is 0 Å². The quantitative estimate of drug-likeness (QED) is 0.770. The highest BCUT2D eigenvalue weighted by molar-refractivity contribution is 5.93. The van der Waals surface area contributed by atoms with Crippen LogP contribution in [0.4, 0.5) is 0 Å². The number of nitrogens with zero attached hydrogens (tertiary/aromatic N) is 2. The number of hydrazine groups is 1. The lowest BCUT2D eigenvalue weighted by molar-refractivity contribution is 0.0928. The van der Waals surface area contributed by atoms with Gasteiger partial charge in [0.05, 0.1) is 5.56 Å². The van der Waals surface area contributed by atoms with E-state index in [2.05, 4.69) is 20.8 Å². The van der Waals surface area contributed by atoms with E-state index < -0.39 is 0 Å². The summed E-state index contributed by atoms with van der Waals surface area (Å²) in [5, 5.41) is 0. The van der Waals surface area contributed by atoms with Gasteiger partial charge in [0, 0.05) is 18.9 Å². The zero-order valence-corrected chi connectivity index (χ0v) is 9.85. The molecule has 0 saturated heterocycles. The van der Waals surface area contributed by atoms with Crippen LogP contribution < -0.4 is 10.9 Å². The summed E-state index contributed by atoms with van der Waals surface area (Å²) in [6, 6.07) is 0. The summed E-state index contributed by atoms with van der Waals surface area (Å²) >= 11 is 0. The van der Waals surface area contributed by atoms with Crippen molar-refractivity contribution in [2.24, 2.45) is 5.92 Å². The number of hydrogen-bond acceptors (Lipinski definition) is 4. The lowest BCUT2D eigenvalue weighted by Gasteiger charge is -2.21. The highest BCUT2D eigenvalue weighted by Crippen LogP contribution is 2.22. The molecule has 1 aromatic heterocycles. The second-order valence-corrected chi connectivity index (χ2v) is 4.47. The van der Waals surface area contributed by atoms with Crippen molar-refractivity contribution in [1.82, 2.24) is 20.8 Å². The van der Waals surface area contributed by atoms with Gasteiger partial charge < -0.3 is 0 Å². The Labute approximate surface area is 101 Å². The number of carbonyl (C=O) groups excluding carboxylic acids is 1. The largest absolute Gasteiger partial charge is 0.287 e. The van der Waals surface area contributed by atoms with Crippen molar-refractivity contribution in [1.29, 1.82) is 0 Å². The summed E-state index contributed by atoms with van der Waals surface area (Å²) in [6.45, 7) is 0.847. The number of rotatable bonds is 4. The van der Waals surface area contributed by atoms with Gasteiger partial charge in [-0.15, -0.1) is 0 Å². The van der Waals surface area contributed by atoms with Crippen LogP contribution in [-0.2, 0) is 0 Å². The summed E-state index contributed by atoms with van der Waals surface area (Å²) < 4.78 is 0. The fourth-order valence-electron chi connectivity index (χ4n) is 2.16. The van der Waals surface area contributed by atoms with E-state index in [0.29, 0.717) is 11.5 Å². The van der Waals surface area contributed by atoms with Gasteiger partial charge in [-0.2, -0.15) is 0 Å². The van der Waals surface area contributed by atoms with Crippen LogP contribution in [0.15, 0.2) is 18.7 Å². The minimum Gasteiger partial charge on any atom is -0.287 e. The van der Waals surface area contributed by atoms with Gasteiger partial charge in [0.1, 0.15) is 6.33 Å². The first-order valence-electron chi connectivity index (χ1n) is 6.14. The van der Waals surface area contributed by atoms with Crippen LogP contribution in [0.2, 0.25) is 0 Å². The second kappa shape index (κ2) is 6.30. The molecule has 1 heterocycles. The summed E-state index contributed by atoms with van der Waals surface area (Å²) in [5.41, 5.74) is 6.15. The van der Waals surface area contributed by atoms with Gasteiger partial charge >= 0.3 is 0 Å². The average molecular weight is 234 g/mol. The van der Waals surface area contributed by atoms with Gasteiger partial charge in [0.25, 0.3) is 5.91 Å². The molecule has 1 aromatic rings. The molecule has 1 amide bonds. The van der Waals surface area contributed by atoms with Gasteiger partial charge in [0.15, 0.2) is 0 Å². The molecule has 1 aliphatic carbocycles. The molecule has 92 valence electrons. The Morgan fingerprint density at radius 2 is 1.94 bits per heavy atom. The maximum Gasteiger partial charge on any atom is 0.268 e. The third-order valence-corrected chi connectivity index (χ3v) is 3.14. The highest BCUT2D eigenvalue weighted by Gasteiger charge is 2.13. The Kier molecular flexibility index (Phi) is 4.44. The minimum atomic E-state index is -0.179. The fraction of sp³-hybridized carbons (Fsp3) is 0.583. The number of nitrogens with one attached hydrogen (secondary N) is 2. The number of aromatic nitrogens is 2. The first-order chi connectivity index (χ1) is 8.36. The normalized spacial score (nSPS) is 16.7. The third-order valence-electron chi connectivity index (χ3n) is 3.14. The molecule has 5 nitrogen and oxygen atoms in total. The van der Waals surface area contributed by atoms with Crippen molar-refractivity contribution in [3.05, 3.63) is 24.3 Å². The Hall–Kier alpha value is -1.49. The Morgan fingerprint density at radius 1 is 1.24 bits per heavy atom. The number of amides is 1. The summed E-state index contributed by atoms with van der Waals surface area (Å²) in [7, 11) is 0. The molecule has 0 aliphatic heterocycles. The first kappa shape index (κ1) is 12.0. The molecule has 1 fully saturated rings. The molecule has 1 aliphatic rings. The molecule has 2 N–H and O–H groups in total. The van der Waals surface area contributed by atoms with E-state index in [1.165, 1.54) is 50.8 Å². The molecule has 0 aromatic carbocycles. The molecule has 0 radical (unpaired) electrons. The van der Waals surface area contributed by atoms with Gasteiger partial charge in [0.2, 0.25) is 0 Å². The first-order valence-corrected chi connectivity index (χ1v) is 6.14. The van der Waals surface area contributed by atoms with Crippen molar-refractivity contribution >= 4 is 5.91 Å². The lowest BCUT2D eigenvalue weighted by Crippen LogP contribution is -2.40. The van der Waals surface area contributed by atoms with Crippen LogP contribution in [0.5, 0.6) is 0 Å². The predicted molar refractivity (Wildman–Crippen MR) is 64.1 cm³/mol. The van der Waals surface area contributed by atoms with E-state index in [0.717, 1.165) is 6.54 Å². The molecule has 0 atom stereocenters. The monoisotopic (exact) mass is 234 g/mol. The standard InChI is InChI=1S/C12H18N4O/c17-12(11-7-13-9-14-8-11)16-15-6-10-4-2-1-3-5-10/h7-10,15H,1-6H2,(H,16,17). The zero-order valence-electron chi connectivity index (χ0n) is 9.85. The minimum absolute atomic E-state index is 0.179. The van der Waals surface area contributed by atoms with E-state index >= 15 is 0 Å². The van der Waals surface area contributed by atoms with E-state index in [1.807, 2.05) is 0 Å². The third kappa shape index (κ3) is 3.78. The maximum absolute atomic E-state index is 11.6. The molecule has 5 heteroatoms. The molecule has 0 bridgehead atoms. The van der Waals surface area contributed by atoms with Crippen molar-refractivity contribution < 1.29 is 4.79 Å². The molecule has 17 heavy (non-hydrogen) atoms. The number of hydrogen-bond donors (Lipinski definition) is 2. The molecular formula is C12H18N4O. The van der Waals surface area contributed by atoms with Crippen LogP contribution in [0.3, 0.4) is 0 Å². The van der Waals surface area contributed by atoms with Gasteiger partial charge in [-0.1, -0.05) is 19.3 Å². The molecule has 0 spiro atoms. The Bertz CT molecular complexity index is 349. The fourth-order valence-corrected chi connectivity index (χ4v) is 2.16. The van der Waals surface area contributed by atoms with E-state index in [4.69, 9.17) is 0 Å². The predicted octanol–water partition coefficient (Wildman–Crippen LogP) is 1.29. The second-order valence-electron chi connectivity index (χ2n) is 4.47. The number of carbonyl (C=O) groups is 1.